The van der Waals surface area contributed by atoms with E-state index in [2.05, 4.69) is 10.6 Å². The highest BCUT2D eigenvalue weighted by molar-refractivity contribution is 5.92. The van der Waals surface area contributed by atoms with Crippen LogP contribution in [-0.2, 0) is 4.79 Å². The van der Waals surface area contributed by atoms with Crippen molar-refractivity contribution < 1.29 is 23.5 Å². The normalized spacial score (nSPS) is 10.4. The van der Waals surface area contributed by atoms with Crippen LogP contribution in [0.3, 0.4) is 0 Å². The number of carbonyl (C=O) groups is 2. The second-order valence-corrected chi connectivity index (χ2v) is 6.24. The van der Waals surface area contributed by atoms with Crippen molar-refractivity contribution in [2.45, 2.75) is 39.5 Å². The lowest BCUT2D eigenvalue weighted by Crippen LogP contribution is -2.25. The van der Waals surface area contributed by atoms with E-state index in [1.165, 1.54) is 6.26 Å². The van der Waals surface area contributed by atoms with Crippen LogP contribution in [0, 0.1) is 0 Å². The zero-order valence-corrected chi connectivity index (χ0v) is 16.5. The molecule has 7 nitrogen and oxygen atoms in total. The van der Waals surface area contributed by atoms with Gasteiger partial charge < -0.3 is 24.5 Å². The Kier molecular flexibility index (Phi) is 8.91. The van der Waals surface area contributed by atoms with Crippen molar-refractivity contribution in [3.05, 3.63) is 42.4 Å². The molecule has 2 rings (SSSR count). The maximum atomic E-state index is 12.2. The van der Waals surface area contributed by atoms with Gasteiger partial charge in [-0.05, 0) is 43.5 Å². The summed E-state index contributed by atoms with van der Waals surface area (Å²) in [6, 6.07) is 8.62. The van der Waals surface area contributed by atoms with Crippen LogP contribution < -0.4 is 20.1 Å². The Hall–Kier alpha value is -2.96. The summed E-state index contributed by atoms with van der Waals surface area (Å²) in [6.45, 7) is 5.65. The first-order chi connectivity index (χ1) is 13.6. The minimum absolute atomic E-state index is 0.129. The summed E-state index contributed by atoms with van der Waals surface area (Å²) < 4.78 is 16.4. The predicted molar refractivity (Wildman–Crippen MR) is 107 cm³/mol. The van der Waals surface area contributed by atoms with Crippen LogP contribution in [0.5, 0.6) is 11.5 Å². The van der Waals surface area contributed by atoms with Crippen molar-refractivity contribution >= 4 is 17.5 Å². The summed E-state index contributed by atoms with van der Waals surface area (Å²) >= 11 is 0. The number of carbonyl (C=O) groups excluding carboxylic acids is 2. The summed E-state index contributed by atoms with van der Waals surface area (Å²) in [5.41, 5.74) is 0.652. The Labute approximate surface area is 165 Å². The lowest BCUT2D eigenvalue weighted by atomic mass is 10.2. The van der Waals surface area contributed by atoms with Crippen LogP contribution in [0.15, 0.2) is 41.0 Å². The highest BCUT2D eigenvalue weighted by Gasteiger charge is 2.10. The number of amides is 2. The van der Waals surface area contributed by atoms with Crippen molar-refractivity contribution in [3.8, 4) is 11.5 Å². The molecule has 0 spiro atoms. The van der Waals surface area contributed by atoms with Crippen molar-refractivity contribution in [2.75, 3.05) is 25.1 Å². The Morgan fingerprint density at radius 3 is 2.46 bits per heavy atom. The molecule has 0 saturated carbocycles. The third-order valence-corrected chi connectivity index (χ3v) is 3.76. The van der Waals surface area contributed by atoms with Gasteiger partial charge in [0.05, 0.1) is 19.5 Å². The number of nitrogens with one attached hydrogen (secondary N) is 2. The van der Waals surface area contributed by atoms with E-state index in [4.69, 9.17) is 13.9 Å². The quantitative estimate of drug-likeness (QED) is 0.536. The number of hydrogen-bond donors (Lipinski definition) is 2. The summed E-state index contributed by atoms with van der Waals surface area (Å²) in [5.74, 6) is 1.14. The Morgan fingerprint density at radius 2 is 1.79 bits per heavy atom. The fourth-order valence-corrected chi connectivity index (χ4v) is 2.41. The maximum absolute atomic E-state index is 12.2. The molecular weight excluding hydrogens is 360 g/mol. The van der Waals surface area contributed by atoms with E-state index < -0.39 is 0 Å². The van der Waals surface area contributed by atoms with Crippen molar-refractivity contribution in [1.82, 2.24) is 5.32 Å². The van der Waals surface area contributed by atoms with Gasteiger partial charge in [0, 0.05) is 24.7 Å². The average molecular weight is 388 g/mol. The molecule has 1 heterocycles. The number of furan rings is 1. The van der Waals surface area contributed by atoms with Crippen LogP contribution in [0.2, 0.25) is 0 Å². The molecule has 152 valence electrons. The lowest BCUT2D eigenvalue weighted by Gasteiger charge is -2.14. The molecule has 0 atom stereocenters. The molecule has 0 bridgehead atoms. The van der Waals surface area contributed by atoms with Crippen LogP contribution in [0.25, 0.3) is 0 Å². The van der Waals surface area contributed by atoms with Gasteiger partial charge in [0.1, 0.15) is 0 Å². The van der Waals surface area contributed by atoms with Gasteiger partial charge in [-0.15, -0.1) is 0 Å². The summed E-state index contributed by atoms with van der Waals surface area (Å²) in [5, 5.41) is 5.57. The number of hydrogen-bond acceptors (Lipinski definition) is 5. The number of anilines is 1. The van der Waals surface area contributed by atoms with E-state index in [9.17, 15) is 9.59 Å². The molecule has 7 heteroatoms. The van der Waals surface area contributed by atoms with Gasteiger partial charge in [-0.3, -0.25) is 9.59 Å². The molecule has 2 aromatic rings. The second-order valence-electron chi connectivity index (χ2n) is 6.24. The van der Waals surface area contributed by atoms with Gasteiger partial charge in [0.25, 0.3) is 5.91 Å². The van der Waals surface area contributed by atoms with E-state index in [0.717, 1.165) is 12.8 Å². The molecule has 0 unspecified atom stereocenters. The van der Waals surface area contributed by atoms with Crippen LogP contribution >= 0.6 is 0 Å². The van der Waals surface area contributed by atoms with Gasteiger partial charge in [-0.25, -0.2) is 0 Å². The zero-order chi connectivity index (χ0) is 20.2. The number of benzene rings is 1. The summed E-state index contributed by atoms with van der Waals surface area (Å²) in [6.07, 6.45) is 4.04. The minimum Gasteiger partial charge on any atom is -0.490 e. The van der Waals surface area contributed by atoms with Gasteiger partial charge in [-0.2, -0.15) is 0 Å². The highest BCUT2D eigenvalue weighted by Crippen LogP contribution is 2.31. The lowest BCUT2D eigenvalue weighted by molar-refractivity contribution is -0.116. The highest BCUT2D eigenvalue weighted by atomic mass is 16.5. The topological polar surface area (TPSA) is 89.8 Å². The SMILES string of the molecule is CCCOc1ccc(NC(=O)CCCNC(=O)c2ccco2)cc1OCCC. The minimum atomic E-state index is -0.286. The molecule has 0 aliphatic heterocycles. The summed E-state index contributed by atoms with van der Waals surface area (Å²) in [4.78, 5) is 23.9. The maximum Gasteiger partial charge on any atom is 0.286 e. The zero-order valence-electron chi connectivity index (χ0n) is 16.5. The van der Waals surface area contributed by atoms with Crippen LogP contribution in [0.1, 0.15) is 50.1 Å². The third-order valence-electron chi connectivity index (χ3n) is 3.76. The standard InChI is InChI=1S/C21H28N2O5/c1-3-12-26-17-10-9-16(15-19(17)27-13-4-2)23-20(24)8-5-11-22-21(25)18-7-6-14-28-18/h6-7,9-10,14-15H,3-5,8,11-13H2,1-2H3,(H,22,25)(H,23,24). The Balaban J connectivity index is 1.80. The fraction of sp³-hybridized carbons (Fsp3) is 0.429. The summed E-state index contributed by atoms with van der Waals surface area (Å²) in [7, 11) is 0. The van der Waals surface area contributed by atoms with Crippen LogP contribution in [0.4, 0.5) is 5.69 Å². The Morgan fingerprint density at radius 1 is 1.04 bits per heavy atom. The number of rotatable bonds is 12. The molecular formula is C21H28N2O5. The molecule has 1 aromatic carbocycles. The molecule has 0 aliphatic rings. The smallest absolute Gasteiger partial charge is 0.286 e. The second kappa shape index (κ2) is 11.7. The van der Waals surface area contributed by atoms with Gasteiger partial charge >= 0.3 is 0 Å². The molecule has 2 N–H and O–H groups in total. The van der Waals surface area contributed by atoms with E-state index in [1.807, 2.05) is 13.8 Å². The number of ether oxygens (including phenoxy) is 2. The van der Waals surface area contributed by atoms with E-state index >= 15 is 0 Å². The third kappa shape index (κ3) is 6.98. The van der Waals surface area contributed by atoms with Crippen LogP contribution in [-0.4, -0.2) is 31.6 Å². The van der Waals surface area contributed by atoms with E-state index in [-0.39, 0.29) is 24.0 Å². The molecule has 2 amide bonds. The Bertz CT molecular complexity index is 743. The fourth-order valence-electron chi connectivity index (χ4n) is 2.41. The van der Waals surface area contributed by atoms with Gasteiger partial charge in [0.15, 0.2) is 17.3 Å². The molecule has 0 radical (unpaired) electrons. The van der Waals surface area contributed by atoms with Crippen molar-refractivity contribution in [3.63, 3.8) is 0 Å². The van der Waals surface area contributed by atoms with Gasteiger partial charge in [0.2, 0.25) is 5.91 Å². The monoisotopic (exact) mass is 388 g/mol. The van der Waals surface area contributed by atoms with Crippen molar-refractivity contribution in [1.29, 1.82) is 0 Å². The van der Waals surface area contributed by atoms with E-state index in [1.54, 1.807) is 30.3 Å². The first-order valence-electron chi connectivity index (χ1n) is 9.65. The average Bonchev–Trinajstić information content (AvgIpc) is 3.23. The molecule has 1 aromatic heterocycles. The van der Waals surface area contributed by atoms with Gasteiger partial charge in [-0.1, -0.05) is 13.8 Å². The molecule has 0 fully saturated rings. The first-order valence-corrected chi connectivity index (χ1v) is 9.65. The molecule has 0 saturated heterocycles. The van der Waals surface area contributed by atoms with Crippen molar-refractivity contribution in [2.24, 2.45) is 0 Å². The largest absolute Gasteiger partial charge is 0.490 e. The van der Waals surface area contributed by atoms with E-state index in [0.29, 0.717) is 43.4 Å². The molecule has 28 heavy (non-hydrogen) atoms. The molecule has 0 aliphatic carbocycles. The first kappa shape index (κ1) is 21.3. The predicted octanol–water partition coefficient (Wildman–Crippen LogP) is 4.01.